The predicted octanol–water partition coefficient (Wildman–Crippen LogP) is 0.596. The van der Waals surface area contributed by atoms with E-state index in [1.807, 2.05) is 26.0 Å². The first-order valence-electron chi connectivity index (χ1n) is 14.7. The van der Waals surface area contributed by atoms with E-state index in [9.17, 15) is 9.59 Å². The Hall–Kier alpha value is -2.45. The van der Waals surface area contributed by atoms with Gasteiger partial charge in [0.2, 0.25) is 5.91 Å². The maximum absolute atomic E-state index is 13.8. The summed E-state index contributed by atoms with van der Waals surface area (Å²) in [6, 6.07) is 5.30. The summed E-state index contributed by atoms with van der Waals surface area (Å²) in [5.74, 6) is 0.443. The van der Waals surface area contributed by atoms with Gasteiger partial charge in [0.25, 0.3) is 5.56 Å². The van der Waals surface area contributed by atoms with Crippen LogP contribution in [0.3, 0.4) is 0 Å². The Balaban J connectivity index is 1.56. The van der Waals surface area contributed by atoms with Gasteiger partial charge in [0.1, 0.15) is 12.4 Å². The number of benzene rings is 1. The highest BCUT2D eigenvalue weighted by molar-refractivity contribution is 5.82. The molecule has 3 heterocycles. The van der Waals surface area contributed by atoms with E-state index in [1.165, 1.54) is 0 Å². The molecule has 2 saturated heterocycles. The molecule has 228 valence electrons. The molecule has 1 atom stereocenters. The molecule has 1 unspecified atom stereocenters. The molecule has 2 aliphatic rings. The van der Waals surface area contributed by atoms with Gasteiger partial charge < -0.3 is 33.9 Å². The van der Waals surface area contributed by atoms with E-state index in [0.29, 0.717) is 109 Å². The van der Waals surface area contributed by atoms with Crippen LogP contribution in [-0.2, 0) is 35.0 Å². The first kappa shape index (κ1) is 31.5. The van der Waals surface area contributed by atoms with Crippen molar-refractivity contribution in [1.82, 2.24) is 24.7 Å². The zero-order chi connectivity index (χ0) is 28.9. The lowest BCUT2D eigenvalue weighted by atomic mass is 10.1. The number of rotatable bonds is 4. The first-order chi connectivity index (χ1) is 20.1. The molecule has 4 rings (SSSR count). The van der Waals surface area contributed by atoms with E-state index in [-0.39, 0.29) is 24.1 Å². The van der Waals surface area contributed by atoms with Crippen LogP contribution in [0.15, 0.2) is 23.0 Å². The summed E-state index contributed by atoms with van der Waals surface area (Å²) in [7, 11) is 0. The maximum atomic E-state index is 13.8. The zero-order valence-corrected chi connectivity index (χ0v) is 24.5. The molecule has 0 bridgehead atoms. The van der Waals surface area contributed by atoms with Gasteiger partial charge >= 0.3 is 0 Å². The van der Waals surface area contributed by atoms with Crippen LogP contribution in [0.25, 0.3) is 10.9 Å². The van der Waals surface area contributed by atoms with Crippen molar-refractivity contribution in [2.75, 3.05) is 105 Å². The molecule has 2 aromatic rings. The second kappa shape index (κ2) is 16.9. The lowest BCUT2D eigenvalue weighted by Gasteiger charge is -2.31. The van der Waals surface area contributed by atoms with E-state index in [2.05, 4.69) is 10.2 Å². The molecular weight excluding hydrogens is 530 g/mol. The van der Waals surface area contributed by atoms with E-state index < -0.39 is 0 Å². The maximum Gasteiger partial charge on any atom is 0.261 e. The highest BCUT2D eigenvalue weighted by Gasteiger charge is 2.26. The van der Waals surface area contributed by atoms with Gasteiger partial charge in [0, 0.05) is 39.3 Å². The molecule has 0 aliphatic carbocycles. The van der Waals surface area contributed by atoms with Crippen molar-refractivity contribution in [3.05, 3.63) is 39.9 Å². The van der Waals surface area contributed by atoms with Gasteiger partial charge in [0.15, 0.2) is 0 Å². The summed E-state index contributed by atoms with van der Waals surface area (Å²) < 4.78 is 30.0. The largest absolute Gasteiger partial charge is 0.378 e. The molecule has 2 fully saturated rings. The number of amides is 1. The van der Waals surface area contributed by atoms with Crippen molar-refractivity contribution in [1.29, 1.82) is 0 Å². The van der Waals surface area contributed by atoms with Crippen LogP contribution >= 0.6 is 0 Å². The van der Waals surface area contributed by atoms with Gasteiger partial charge in [-0.3, -0.25) is 19.1 Å². The van der Waals surface area contributed by atoms with Gasteiger partial charge in [-0.1, -0.05) is 12.1 Å². The van der Waals surface area contributed by atoms with Gasteiger partial charge in [-0.25, -0.2) is 4.98 Å². The van der Waals surface area contributed by atoms with Gasteiger partial charge in [-0.2, -0.15) is 0 Å². The molecule has 1 aromatic carbocycles. The molecule has 1 aromatic heterocycles. The third kappa shape index (κ3) is 9.27. The first-order valence-corrected chi connectivity index (χ1v) is 14.7. The average molecular weight is 576 g/mol. The summed E-state index contributed by atoms with van der Waals surface area (Å²) >= 11 is 0. The fourth-order valence-electron chi connectivity index (χ4n) is 5.01. The van der Waals surface area contributed by atoms with Crippen molar-refractivity contribution in [3.8, 4) is 0 Å². The normalized spacial score (nSPS) is 20.8. The molecule has 0 radical (unpaired) electrons. The molecule has 41 heavy (non-hydrogen) atoms. The number of morpholine rings is 1. The third-order valence-electron chi connectivity index (χ3n) is 7.43. The van der Waals surface area contributed by atoms with Crippen molar-refractivity contribution < 1.29 is 28.5 Å². The summed E-state index contributed by atoms with van der Waals surface area (Å²) in [5, 5.41) is 3.79. The van der Waals surface area contributed by atoms with Crippen LogP contribution in [0.2, 0.25) is 0 Å². The van der Waals surface area contributed by atoms with Crippen molar-refractivity contribution in [2.45, 2.75) is 26.4 Å². The van der Waals surface area contributed by atoms with Crippen LogP contribution < -0.4 is 10.9 Å². The Morgan fingerprint density at radius 2 is 1.41 bits per heavy atom. The minimum Gasteiger partial charge on any atom is -0.378 e. The number of nitrogens with zero attached hydrogens (tertiary/aromatic N) is 4. The molecule has 12 heteroatoms. The van der Waals surface area contributed by atoms with E-state index >= 15 is 0 Å². The number of ether oxygens (including phenoxy) is 5. The average Bonchev–Trinajstić information content (AvgIpc) is 2.99. The predicted molar refractivity (Wildman–Crippen MR) is 154 cm³/mol. The summed E-state index contributed by atoms with van der Waals surface area (Å²) in [6.45, 7) is 12.9. The third-order valence-corrected chi connectivity index (χ3v) is 7.43. The second-order valence-corrected chi connectivity index (χ2v) is 10.2. The zero-order valence-electron chi connectivity index (χ0n) is 24.5. The van der Waals surface area contributed by atoms with Crippen LogP contribution in [0.4, 0.5) is 0 Å². The topological polar surface area (TPSA) is 117 Å². The lowest BCUT2D eigenvalue weighted by Crippen LogP contribution is -2.45. The Morgan fingerprint density at radius 1 is 0.854 bits per heavy atom. The molecule has 1 N–H and O–H groups in total. The second-order valence-electron chi connectivity index (χ2n) is 10.2. The number of hydrogen-bond acceptors (Lipinski definition) is 10. The van der Waals surface area contributed by atoms with Crippen molar-refractivity contribution >= 4 is 16.8 Å². The highest BCUT2D eigenvalue weighted by atomic mass is 16.5. The number of aryl methyl sites for hydroxylation is 1. The molecule has 0 spiro atoms. The SMILES string of the molecule is Cc1cccc2c(=O)n(CC(=O)N3CCOCC3)c(C(C)N3CCOCCOCCNCCOCCOCC3)nc12. The smallest absolute Gasteiger partial charge is 0.261 e. The Morgan fingerprint density at radius 3 is 2.05 bits per heavy atom. The fourth-order valence-corrected chi connectivity index (χ4v) is 5.01. The van der Waals surface area contributed by atoms with Crippen LogP contribution in [0.5, 0.6) is 0 Å². The molecule has 2 aliphatic heterocycles. The fraction of sp³-hybridized carbons (Fsp3) is 0.690. The number of fused-ring (bicyclic) bond motifs is 1. The number of aromatic nitrogens is 2. The summed E-state index contributed by atoms with van der Waals surface area (Å²) in [6.07, 6.45) is 0. The molecular formula is C29H45N5O7. The van der Waals surface area contributed by atoms with Crippen molar-refractivity contribution in [2.24, 2.45) is 0 Å². The van der Waals surface area contributed by atoms with E-state index in [4.69, 9.17) is 28.7 Å². The summed E-state index contributed by atoms with van der Waals surface area (Å²) in [4.78, 5) is 36.1. The quantitative estimate of drug-likeness (QED) is 0.556. The van der Waals surface area contributed by atoms with Gasteiger partial charge in [-0.05, 0) is 25.5 Å². The Bertz CT molecular complexity index is 1140. The molecule has 12 nitrogen and oxygen atoms in total. The summed E-state index contributed by atoms with van der Waals surface area (Å²) in [5.41, 5.74) is 1.37. The van der Waals surface area contributed by atoms with E-state index in [1.54, 1.807) is 15.5 Å². The Labute approximate surface area is 241 Å². The lowest BCUT2D eigenvalue weighted by molar-refractivity contribution is -0.136. The van der Waals surface area contributed by atoms with Crippen LogP contribution in [-0.4, -0.2) is 131 Å². The number of para-hydroxylation sites is 1. The minimum absolute atomic E-state index is 0.0697. The van der Waals surface area contributed by atoms with E-state index in [0.717, 1.165) is 18.7 Å². The number of carbonyl (C=O) groups is 1. The minimum atomic E-state index is -0.277. The van der Waals surface area contributed by atoms with Gasteiger partial charge in [-0.15, -0.1) is 0 Å². The van der Waals surface area contributed by atoms with Crippen molar-refractivity contribution in [3.63, 3.8) is 0 Å². The number of carbonyl (C=O) groups excluding carboxylic acids is 1. The Kier molecular flexibility index (Phi) is 12.9. The van der Waals surface area contributed by atoms with Gasteiger partial charge in [0.05, 0.1) is 83.0 Å². The van der Waals surface area contributed by atoms with Crippen LogP contribution in [0, 0.1) is 6.92 Å². The van der Waals surface area contributed by atoms with Crippen LogP contribution in [0.1, 0.15) is 24.4 Å². The number of hydrogen-bond donors (Lipinski definition) is 1. The highest BCUT2D eigenvalue weighted by Crippen LogP contribution is 2.22. The number of nitrogens with one attached hydrogen (secondary N) is 1. The standard InChI is InChI=1S/C29H45N5O7/c1-23-4-3-5-25-27(23)31-28(34(29(25)36)22-26(35)33-10-16-39-17-11-33)24(2)32-8-14-40-20-18-37-12-6-30-7-13-38-19-21-41-15-9-32/h3-5,24,30H,6-22H2,1-2H3. The molecule has 0 saturated carbocycles. The molecule has 1 amide bonds. The monoisotopic (exact) mass is 575 g/mol.